The highest BCUT2D eigenvalue weighted by atomic mass is 16.5. The van der Waals surface area contributed by atoms with Gasteiger partial charge in [0, 0.05) is 36.5 Å². The van der Waals surface area contributed by atoms with Crippen molar-refractivity contribution in [2.24, 2.45) is 0 Å². The van der Waals surface area contributed by atoms with E-state index in [4.69, 9.17) is 4.74 Å². The first-order valence-corrected chi connectivity index (χ1v) is 6.05. The van der Waals surface area contributed by atoms with Gasteiger partial charge < -0.3 is 9.64 Å². The van der Waals surface area contributed by atoms with Gasteiger partial charge in [0.15, 0.2) is 5.78 Å². The SMILES string of the molecule is C=CC(=O)Oc1ccc2c(c1)C(=O)C(=C)C(=C)N(C)C2. The fourth-order valence-corrected chi connectivity index (χ4v) is 2.00. The predicted octanol–water partition coefficient (Wildman–Crippen LogP) is 2.48. The molecule has 0 fully saturated rings. The first kappa shape index (κ1) is 13.8. The second kappa shape index (κ2) is 5.17. The monoisotopic (exact) mass is 269 g/mol. The van der Waals surface area contributed by atoms with Gasteiger partial charge in [-0.3, -0.25) is 4.79 Å². The van der Waals surface area contributed by atoms with Gasteiger partial charge in [-0.15, -0.1) is 0 Å². The average molecular weight is 269 g/mol. The van der Waals surface area contributed by atoms with Gasteiger partial charge >= 0.3 is 5.97 Å². The number of fused-ring (bicyclic) bond motifs is 1. The van der Waals surface area contributed by atoms with Gasteiger partial charge in [-0.05, 0) is 17.7 Å². The van der Waals surface area contributed by atoms with E-state index in [2.05, 4.69) is 19.7 Å². The van der Waals surface area contributed by atoms with Crippen molar-refractivity contribution in [2.45, 2.75) is 6.54 Å². The molecule has 2 rings (SSSR count). The molecule has 0 unspecified atom stereocenters. The van der Waals surface area contributed by atoms with Crippen LogP contribution in [0.1, 0.15) is 15.9 Å². The molecular weight excluding hydrogens is 254 g/mol. The number of esters is 1. The minimum absolute atomic E-state index is 0.203. The molecular formula is C16H15NO3. The van der Waals surface area contributed by atoms with Crippen LogP contribution in [0, 0.1) is 0 Å². The number of ketones is 1. The molecule has 0 spiro atoms. The normalized spacial score (nSPS) is 14.7. The topological polar surface area (TPSA) is 46.6 Å². The van der Waals surface area contributed by atoms with Gasteiger partial charge in [0.25, 0.3) is 0 Å². The number of ether oxygens (including phenoxy) is 1. The molecule has 20 heavy (non-hydrogen) atoms. The lowest BCUT2D eigenvalue weighted by atomic mass is 10.00. The maximum absolute atomic E-state index is 12.4. The number of allylic oxidation sites excluding steroid dienone is 1. The number of hydrogen-bond acceptors (Lipinski definition) is 4. The highest BCUT2D eigenvalue weighted by molar-refractivity contribution is 6.12. The first-order valence-electron chi connectivity index (χ1n) is 6.05. The highest BCUT2D eigenvalue weighted by Gasteiger charge is 2.24. The van der Waals surface area contributed by atoms with E-state index in [0.717, 1.165) is 11.6 Å². The molecule has 4 nitrogen and oxygen atoms in total. The van der Waals surface area contributed by atoms with E-state index in [1.54, 1.807) is 18.2 Å². The van der Waals surface area contributed by atoms with Crippen LogP contribution in [0.2, 0.25) is 0 Å². The van der Waals surface area contributed by atoms with Gasteiger partial charge in [-0.25, -0.2) is 4.79 Å². The Morgan fingerprint density at radius 1 is 1.40 bits per heavy atom. The number of rotatable bonds is 2. The van der Waals surface area contributed by atoms with E-state index >= 15 is 0 Å². The quantitative estimate of drug-likeness (QED) is 0.470. The molecule has 0 aromatic heterocycles. The summed E-state index contributed by atoms with van der Waals surface area (Å²) in [5, 5.41) is 0. The van der Waals surface area contributed by atoms with Crippen molar-refractivity contribution in [3.8, 4) is 5.75 Å². The van der Waals surface area contributed by atoms with Gasteiger partial charge in [-0.2, -0.15) is 0 Å². The Kier molecular flexibility index (Phi) is 3.57. The maximum atomic E-state index is 12.4. The number of nitrogens with zero attached hydrogens (tertiary/aromatic N) is 1. The van der Waals surface area contributed by atoms with Crippen LogP contribution < -0.4 is 4.74 Å². The van der Waals surface area contributed by atoms with Gasteiger partial charge in [0.05, 0.1) is 0 Å². The lowest BCUT2D eigenvalue weighted by Gasteiger charge is -2.18. The number of carbonyl (C=O) groups is 2. The third-order valence-electron chi connectivity index (χ3n) is 3.20. The third kappa shape index (κ3) is 2.40. The second-order valence-electron chi connectivity index (χ2n) is 4.55. The van der Waals surface area contributed by atoms with E-state index in [1.165, 1.54) is 0 Å². The summed E-state index contributed by atoms with van der Waals surface area (Å²) >= 11 is 0. The Morgan fingerprint density at radius 3 is 2.75 bits per heavy atom. The summed E-state index contributed by atoms with van der Waals surface area (Å²) in [6.07, 6.45) is 1.07. The molecule has 0 bridgehead atoms. The molecule has 102 valence electrons. The number of Topliss-reactive ketones (excluding diaryl/α,β-unsaturated/α-hetero) is 1. The van der Waals surface area contributed by atoms with E-state index in [1.807, 2.05) is 11.9 Å². The molecule has 0 aliphatic carbocycles. The highest BCUT2D eigenvalue weighted by Crippen LogP contribution is 2.28. The lowest BCUT2D eigenvalue weighted by Crippen LogP contribution is -2.16. The average Bonchev–Trinajstić information content (AvgIpc) is 2.52. The van der Waals surface area contributed by atoms with Crippen LogP contribution in [-0.2, 0) is 11.3 Å². The largest absolute Gasteiger partial charge is 0.423 e. The van der Waals surface area contributed by atoms with E-state index in [0.29, 0.717) is 29.1 Å². The standard InChI is InChI=1S/C16H15NO3/c1-5-15(18)20-13-7-6-12-9-17(4)11(3)10(2)16(19)14(12)8-13/h5-8H,1-3,9H2,4H3. The summed E-state index contributed by atoms with van der Waals surface area (Å²) in [7, 11) is 1.85. The second-order valence-corrected chi connectivity index (χ2v) is 4.55. The molecule has 0 saturated heterocycles. The van der Waals surface area contributed by atoms with E-state index in [-0.39, 0.29) is 5.78 Å². The summed E-state index contributed by atoms with van der Waals surface area (Å²) < 4.78 is 5.03. The minimum atomic E-state index is -0.564. The first-order chi connectivity index (χ1) is 9.43. The van der Waals surface area contributed by atoms with Crippen LogP contribution >= 0.6 is 0 Å². The smallest absolute Gasteiger partial charge is 0.335 e. The molecule has 4 heteroatoms. The van der Waals surface area contributed by atoms with E-state index < -0.39 is 5.97 Å². The lowest BCUT2D eigenvalue weighted by molar-refractivity contribution is -0.128. The molecule has 0 amide bonds. The molecule has 0 radical (unpaired) electrons. The van der Waals surface area contributed by atoms with Crippen molar-refractivity contribution < 1.29 is 14.3 Å². The van der Waals surface area contributed by atoms with Crippen molar-refractivity contribution in [1.29, 1.82) is 0 Å². The number of carbonyl (C=O) groups excluding carboxylic acids is 2. The Labute approximate surface area is 117 Å². The third-order valence-corrected chi connectivity index (χ3v) is 3.20. The Balaban J connectivity index is 2.45. The Hall–Kier alpha value is -2.62. The summed E-state index contributed by atoms with van der Waals surface area (Å²) in [5.74, 6) is -0.456. The summed E-state index contributed by atoms with van der Waals surface area (Å²) in [5.41, 5.74) is 2.26. The predicted molar refractivity (Wildman–Crippen MR) is 76.4 cm³/mol. The molecule has 1 aliphatic heterocycles. The van der Waals surface area contributed by atoms with Gasteiger partial charge in [-0.1, -0.05) is 25.8 Å². The zero-order valence-electron chi connectivity index (χ0n) is 11.3. The molecule has 1 aliphatic rings. The van der Waals surface area contributed by atoms with Crippen LogP contribution in [0.3, 0.4) is 0 Å². The molecule has 0 saturated carbocycles. The van der Waals surface area contributed by atoms with Crippen molar-refractivity contribution in [1.82, 2.24) is 4.90 Å². The van der Waals surface area contributed by atoms with Crippen LogP contribution in [0.4, 0.5) is 0 Å². The van der Waals surface area contributed by atoms with Crippen LogP contribution in [-0.4, -0.2) is 23.7 Å². The van der Waals surface area contributed by atoms with Crippen LogP contribution in [0.5, 0.6) is 5.75 Å². The van der Waals surface area contributed by atoms with Gasteiger partial charge in [0.2, 0.25) is 0 Å². The van der Waals surface area contributed by atoms with E-state index in [9.17, 15) is 9.59 Å². The number of likely N-dealkylation sites (N-methyl/N-ethyl adjacent to an activating group) is 1. The van der Waals surface area contributed by atoms with Gasteiger partial charge in [0.1, 0.15) is 5.75 Å². The minimum Gasteiger partial charge on any atom is -0.423 e. The Morgan fingerprint density at radius 2 is 2.10 bits per heavy atom. The Bertz CT molecular complexity index is 643. The van der Waals surface area contributed by atoms with Crippen molar-refractivity contribution in [3.05, 3.63) is 66.4 Å². The molecule has 0 atom stereocenters. The van der Waals surface area contributed by atoms with Crippen LogP contribution in [0.15, 0.2) is 55.3 Å². The zero-order valence-corrected chi connectivity index (χ0v) is 11.3. The fourth-order valence-electron chi connectivity index (χ4n) is 2.00. The molecule has 0 N–H and O–H groups in total. The van der Waals surface area contributed by atoms with Crippen LogP contribution in [0.25, 0.3) is 0 Å². The fraction of sp³-hybridized carbons (Fsp3) is 0.125. The van der Waals surface area contributed by atoms with Crippen molar-refractivity contribution >= 4 is 11.8 Å². The van der Waals surface area contributed by atoms with Crippen molar-refractivity contribution in [3.63, 3.8) is 0 Å². The number of benzene rings is 1. The molecule has 1 aromatic rings. The maximum Gasteiger partial charge on any atom is 0.335 e. The molecule has 1 heterocycles. The number of hydrogen-bond donors (Lipinski definition) is 0. The summed E-state index contributed by atoms with van der Waals surface area (Å²) in [6.45, 7) is 11.5. The van der Waals surface area contributed by atoms with Crippen molar-refractivity contribution in [2.75, 3.05) is 7.05 Å². The zero-order chi connectivity index (χ0) is 14.9. The summed E-state index contributed by atoms with van der Waals surface area (Å²) in [6, 6.07) is 4.97. The molecule has 1 aromatic carbocycles. The summed E-state index contributed by atoms with van der Waals surface area (Å²) in [4.78, 5) is 25.4.